The molecule has 1 aromatic heterocycles. The number of amides is 3. The zero-order valence-electron chi connectivity index (χ0n) is 19.1. The topological polar surface area (TPSA) is 224 Å². The molecule has 0 fully saturated rings. The molecule has 0 aliphatic rings. The number of nitrogens with one attached hydrogen (secondary N) is 4. The first kappa shape index (κ1) is 28.6. The second kappa shape index (κ2) is 13.5. The lowest BCUT2D eigenvalue weighted by Gasteiger charge is -2.24. The zero-order chi connectivity index (χ0) is 26.8. The zero-order valence-corrected chi connectivity index (χ0v) is 20.0. The van der Waals surface area contributed by atoms with Crippen LogP contribution < -0.4 is 21.7 Å². The number of hydrogen-bond donors (Lipinski definition) is 9. The molecule has 4 atom stereocenters. The molecule has 4 unspecified atom stereocenters. The molecule has 0 radical (unpaired) electrons. The van der Waals surface area contributed by atoms with Crippen LogP contribution in [0.4, 0.5) is 0 Å². The van der Waals surface area contributed by atoms with Crippen LogP contribution >= 0.6 is 12.6 Å². The van der Waals surface area contributed by atoms with Crippen molar-refractivity contribution < 1.29 is 39.3 Å². The van der Waals surface area contributed by atoms with Gasteiger partial charge in [0.25, 0.3) is 0 Å². The normalized spacial score (nSPS) is 14.3. The standard InChI is InChI=1S/C22H29N5O8S/c23-13(9-28)19(31)27-17(10-36)21(33)26-16(7-11-8-24-14-4-2-1-3-12(11)14)20(32)25-15(22(34)35)5-6-18(29)30/h1-4,8,13,15-17,24,28,36H,5-7,9-10,23H2,(H,25,32)(H,26,33)(H,27,31)(H,29,30)(H,34,35). The number of carbonyl (C=O) groups is 5. The summed E-state index contributed by atoms with van der Waals surface area (Å²) in [6, 6.07) is 1.96. The molecule has 0 saturated heterocycles. The number of hydrogen-bond acceptors (Lipinski definition) is 8. The number of nitrogens with two attached hydrogens (primary N) is 1. The molecule has 0 spiro atoms. The van der Waals surface area contributed by atoms with Crippen LogP contribution in [0, 0.1) is 0 Å². The van der Waals surface area contributed by atoms with Gasteiger partial charge in [0.1, 0.15) is 24.2 Å². The molecule has 9 N–H and O–H groups in total. The van der Waals surface area contributed by atoms with E-state index in [1.807, 2.05) is 12.1 Å². The smallest absolute Gasteiger partial charge is 0.326 e. The van der Waals surface area contributed by atoms with Crippen LogP contribution in [0.5, 0.6) is 0 Å². The highest BCUT2D eigenvalue weighted by molar-refractivity contribution is 7.80. The third kappa shape index (κ3) is 7.96. The Bertz CT molecular complexity index is 1110. The molecule has 0 aliphatic heterocycles. The number of thiol groups is 1. The molecule has 14 heteroatoms. The van der Waals surface area contributed by atoms with E-state index in [1.54, 1.807) is 18.3 Å². The van der Waals surface area contributed by atoms with Crippen molar-refractivity contribution in [1.29, 1.82) is 0 Å². The van der Waals surface area contributed by atoms with Crippen LogP contribution in [0.15, 0.2) is 30.5 Å². The Morgan fingerprint density at radius 2 is 1.56 bits per heavy atom. The van der Waals surface area contributed by atoms with Crippen molar-refractivity contribution in [2.24, 2.45) is 5.73 Å². The summed E-state index contributed by atoms with van der Waals surface area (Å²) in [4.78, 5) is 63.5. The van der Waals surface area contributed by atoms with Gasteiger partial charge in [0.05, 0.1) is 6.61 Å². The molecular formula is C22H29N5O8S. The van der Waals surface area contributed by atoms with Gasteiger partial charge >= 0.3 is 11.9 Å². The first-order chi connectivity index (χ1) is 17.1. The summed E-state index contributed by atoms with van der Waals surface area (Å²) in [5.41, 5.74) is 6.89. The second-order valence-electron chi connectivity index (χ2n) is 7.99. The van der Waals surface area contributed by atoms with E-state index in [2.05, 4.69) is 33.6 Å². The quantitative estimate of drug-likeness (QED) is 0.129. The van der Waals surface area contributed by atoms with Crippen LogP contribution in [0.3, 0.4) is 0 Å². The van der Waals surface area contributed by atoms with E-state index in [1.165, 1.54) is 0 Å². The Balaban J connectivity index is 2.27. The van der Waals surface area contributed by atoms with E-state index >= 15 is 0 Å². The van der Waals surface area contributed by atoms with Gasteiger partial charge in [-0.1, -0.05) is 18.2 Å². The van der Waals surface area contributed by atoms with Crippen LogP contribution in [-0.4, -0.2) is 86.5 Å². The van der Waals surface area contributed by atoms with Crippen molar-refractivity contribution >= 4 is 53.2 Å². The number of H-pyrrole nitrogens is 1. The monoisotopic (exact) mass is 523 g/mol. The van der Waals surface area contributed by atoms with Crippen molar-refractivity contribution in [3.05, 3.63) is 36.0 Å². The van der Waals surface area contributed by atoms with Gasteiger partial charge in [-0.15, -0.1) is 0 Å². The summed E-state index contributed by atoms with van der Waals surface area (Å²) in [7, 11) is 0. The predicted octanol–water partition coefficient (Wildman–Crippen LogP) is -1.64. The van der Waals surface area contributed by atoms with Gasteiger partial charge in [-0.05, 0) is 18.1 Å². The number of carbonyl (C=O) groups excluding carboxylic acids is 3. The minimum atomic E-state index is -1.50. The Morgan fingerprint density at radius 3 is 2.17 bits per heavy atom. The van der Waals surface area contributed by atoms with Crippen LogP contribution in [0.2, 0.25) is 0 Å². The number of aromatic nitrogens is 1. The van der Waals surface area contributed by atoms with Gasteiger partial charge < -0.3 is 42.0 Å². The molecule has 196 valence electrons. The van der Waals surface area contributed by atoms with Crippen molar-refractivity contribution in [1.82, 2.24) is 20.9 Å². The SMILES string of the molecule is NC(CO)C(=O)NC(CS)C(=O)NC(Cc1c[nH]c2ccccc12)C(=O)NC(CCC(=O)O)C(=O)O. The number of rotatable bonds is 14. The number of carboxylic acid groups (broad SMARTS) is 2. The lowest BCUT2D eigenvalue weighted by atomic mass is 10.0. The van der Waals surface area contributed by atoms with Gasteiger partial charge in [-0.2, -0.15) is 12.6 Å². The molecule has 3 amide bonds. The minimum absolute atomic E-state index is 0.0454. The third-order valence-corrected chi connectivity index (χ3v) is 5.71. The minimum Gasteiger partial charge on any atom is -0.481 e. The number of aliphatic carboxylic acids is 2. The maximum Gasteiger partial charge on any atom is 0.326 e. The van der Waals surface area contributed by atoms with Gasteiger partial charge in [-0.25, -0.2) is 4.79 Å². The van der Waals surface area contributed by atoms with Crippen molar-refractivity contribution in [3.63, 3.8) is 0 Å². The molecule has 2 rings (SSSR count). The highest BCUT2D eigenvalue weighted by Gasteiger charge is 2.30. The van der Waals surface area contributed by atoms with Gasteiger partial charge in [0.2, 0.25) is 17.7 Å². The van der Waals surface area contributed by atoms with Gasteiger partial charge in [-0.3, -0.25) is 19.2 Å². The van der Waals surface area contributed by atoms with Gasteiger partial charge in [0.15, 0.2) is 0 Å². The van der Waals surface area contributed by atoms with Gasteiger partial charge in [0, 0.05) is 35.7 Å². The highest BCUT2D eigenvalue weighted by Crippen LogP contribution is 2.19. The number of aliphatic hydroxyl groups excluding tert-OH is 1. The summed E-state index contributed by atoms with van der Waals surface area (Å²) < 4.78 is 0. The summed E-state index contributed by atoms with van der Waals surface area (Å²) >= 11 is 4.05. The molecule has 2 aromatic rings. The van der Waals surface area contributed by atoms with Crippen LogP contribution in [0.25, 0.3) is 10.9 Å². The lowest BCUT2D eigenvalue weighted by Crippen LogP contribution is -2.58. The Hall–Kier alpha value is -3.62. The summed E-state index contributed by atoms with van der Waals surface area (Å²) in [6.07, 6.45) is 0.749. The molecular weight excluding hydrogens is 494 g/mol. The van der Waals surface area contributed by atoms with Crippen LogP contribution in [0.1, 0.15) is 18.4 Å². The number of aliphatic hydroxyl groups is 1. The number of aromatic amines is 1. The van der Waals surface area contributed by atoms with Crippen molar-refractivity contribution in [2.75, 3.05) is 12.4 Å². The maximum atomic E-state index is 13.1. The summed E-state index contributed by atoms with van der Waals surface area (Å²) in [5.74, 6) is -5.27. The van der Waals surface area contributed by atoms with E-state index in [0.29, 0.717) is 5.56 Å². The number of fused-ring (bicyclic) bond motifs is 1. The fraction of sp³-hybridized carbons (Fsp3) is 0.409. The molecule has 1 heterocycles. The second-order valence-corrected chi connectivity index (χ2v) is 8.35. The molecule has 13 nitrogen and oxygen atoms in total. The average molecular weight is 524 g/mol. The Labute approximate surface area is 211 Å². The third-order valence-electron chi connectivity index (χ3n) is 5.34. The van der Waals surface area contributed by atoms with E-state index in [0.717, 1.165) is 10.9 Å². The van der Waals surface area contributed by atoms with E-state index in [-0.39, 0.29) is 18.6 Å². The van der Waals surface area contributed by atoms with Crippen molar-refractivity contribution in [2.45, 2.75) is 43.4 Å². The number of benzene rings is 1. The summed E-state index contributed by atoms with van der Waals surface area (Å²) in [6.45, 7) is -0.648. The highest BCUT2D eigenvalue weighted by atomic mass is 32.1. The Kier molecular flexibility index (Phi) is 10.7. The predicted molar refractivity (Wildman–Crippen MR) is 131 cm³/mol. The van der Waals surface area contributed by atoms with E-state index < -0.39 is 66.9 Å². The number of carboxylic acids is 2. The van der Waals surface area contributed by atoms with Crippen molar-refractivity contribution in [3.8, 4) is 0 Å². The Morgan fingerprint density at radius 1 is 0.944 bits per heavy atom. The number of para-hydroxylation sites is 1. The fourth-order valence-electron chi connectivity index (χ4n) is 3.36. The summed E-state index contributed by atoms with van der Waals surface area (Å²) in [5, 5.41) is 35.2. The largest absolute Gasteiger partial charge is 0.481 e. The molecule has 36 heavy (non-hydrogen) atoms. The van der Waals surface area contributed by atoms with Crippen LogP contribution in [-0.2, 0) is 30.4 Å². The first-order valence-corrected chi connectivity index (χ1v) is 11.6. The average Bonchev–Trinajstić information content (AvgIpc) is 3.26. The first-order valence-electron chi connectivity index (χ1n) is 10.9. The molecule has 0 aliphatic carbocycles. The maximum absolute atomic E-state index is 13.1. The van der Waals surface area contributed by atoms with E-state index in [4.69, 9.17) is 15.9 Å². The lowest BCUT2D eigenvalue weighted by molar-refractivity contribution is -0.143. The molecule has 0 bridgehead atoms. The molecule has 1 aromatic carbocycles. The molecule has 0 saturated carbocycles. The fourth-order valence-corrected chi connectivity index (χ4v) is 3.61. The van der Waals surface area contributed by atoms with E-state index in [9.17, 15) is 29.1 Å².